The first-order valence-corrected chi connectivity index (χ1v) is 5.94. The number of aromatic amines is 1. The van der Waals surface area contributed by atoms with Crippen LogP contribution < -0.4 is 11.2 Å². The van der Waals surface area contributed by atoms with Crippen LogP contribution in [0.25, 0.3) is 0 Å². The number of nitrogens with zero attached hydrogens (tertiary/aromatic N) is 1. The fraction of sp³-hybridized carbons (Fsp3) is 0.556. The summed E-state index contributed by atoms with van der Waals surface area (Å²) < 4.78 is 6.63. The molecule has 0 amide bonds. The maximum absolute atomic E-state index is 11.5. The van der Waals surface area contributed by atoms with E-state index in [2.05, 4.69) is 4.98 Å². The van der Waals surface area contributed by atoms with Crippen LogP contribution in [0.3, 0.4) is 0 Å². The average molecular weight is 260 g/mol. The Balaban J connectivity index is 2.25. The molecule has 0 aliphatic carbocycles. The Kier molecular flexibility index (Phi) is 3.67. The number of ether oxygens (including phenoxy) is 1. The van der Waals surface area contributed by atoms with Crippen LogP contribution in [0.4, 0.5) is 0 Å². The van der Waals surface area contributed by atoms with Crippen LogP contribution in [0, 0.1) is 0 Å². The SMILES string of the molecule is O=c1ccn([C@H]2O[C@H](CO)[C@@H](CO)S2)c(=O)[nH]1. The van der Waals surface area contributed by atoms with E-state index in [1.165, 1.54) is 28.6 Å². The second kappa shape index (κ2) is 5.05. The summed E-state index contributed by atoms with van der Waals surface area (Å²) in [5, 5.41) is 17.9. The van der Waals surface area contributed by atoms with E-state index in [1.54, 1.807) is 0 Å². The van der Waals surface area contributed by atoms with Crippen molar-refractivity contribution in [3.63, 3.8) is 0 Å². The lowest BCUT2D eigenvalue weighted by Crippen LogP contribution is -2.31. The van der Waals surface area contributed by atoms with Gasteiger partial charge in [0.2, 0.25) is 0 Å². The molecular formula is C9H12N2O5S. The van der Waals surface area contributed by atoms with E-state index in [4.69, 9.17) is 14.9 Å². The number of aliphatic hydroxyl groups is 2. The Morgan fingerprint density at radius 2 is 2.18 bits per heavy atom. The van der Waals surface area contributed by atoms with E-state index < -0.39 is 22.9 Å². The number of thioether (sulfide) groups is 1. The minimum Gasteiger partial charge on any atom is -0.395 e. The molecule has 17 heavy (non-hydrogen) atoms. The lowest BCUT2D eigenvalue weighted by atomic mass is 10.3. The van der Waals surface area contributed by atoms with Crippen LogP contribution in [0.2, 0.25) is 0 Å². The molecule has 1 aromatic heterocycles. The van der Waals surface area contributed by atoms with Crippen molar-refractivity contribution < 1.29 is 14.9 Å². The van der Waals surface area contributed by atoms with Crippen molar-refractivity contribution in [2.45, 2.75) is 16.9 Å². The standard InChI is InChI=1S/C9H12N2O5S/c12-3-5-6(4-13)17-9(16-5)11-2-1-7(14)10-8(11)15/h1-2,5-6,9,12-13H,3-4H2,(H,10,14,15)/t5-,6-,9+/m1/s1. The first-order valence-electron chi connectivity index (χ1n) is 5.00. The van der Waals surface area contributed by atoms with Crippen molar-refractivity contribution >= 4 is 11.8 Å². The number of H-pyrrole nitrogens is 1. The fourth-order valence-electron chi connectivity index (χ4n) is 1.55. The van der Waals surface area contributed by atoms with Crippen molar-refractivity contribution in [1.29, 1.82) is 0 Å². The molecule has 94 valence electrons. The molecular weight excluding hydrogens is 248 g/mol. The Morgan fingerprint density at radius 3 is 2.71 bits per heavy atom. The van der Waals surface area contributed by atoms with Gasteiger partial charge in [-0.05, 0) is 0 Å². The van der Waals surface area contributed by atoms with E-state index >= 15 is 0 Å². The third-order valence-electron chi connectivity index (χ3n) is 2.44. The predicted molar refractivity (Wildman–Crippen MR) is 60.8 cm³/mol. The summed E-state index contributed by atoms with van der Waals surface area (Å²) in [5.41, 5.74) is -1.70. The summed E-state index contributed by atoms with van der Waals surface area (Å²) in [6, 6.07) is 1.21. The van der Waals surface area contributed by atoms with Gasteiger partial charge in [-0.1, -0.05) is 11.8 Å². The summed E-state index contributed by atoms with van der Waals surface area (Å²) in [6.45, 7) is -0.378. The molecule has 2 rings (SSSR count). The maximum Gasteiger partial charge on any atom is 0.331 e. The van der Waals surface area contributed by atoms with Crippen LogP contribution >= 0.6 is 11.8 Å². The van der Waals surface area contributed by atoms with Gasteiger partial charge < -0.3 is 14.9 Å². The molecule has 1 saturated heterocycles. The topological polar surface area (TPSA) is 105 Å². The number of hydrogen-bond acceptors (Lipinski definition) is 6. The van der Waals surface area contributed by atoms with E-state index in [0.717, 1.165) is 0 Å². The zero-order valence-electron chi connectivity index (χ0n) is 8.78. The van der Waals surface area contributed by atoms with Gasteiger partial charge in [0.1, 0.15) is 0 Å². The van der Waals surface area contributed by atoms with Crippen molar-refractivity contribution in [1.82, 2.24) is 9.55 Å². The van der Waals surface area contributed by atoms with Crippen molar-refractivity contribution in [3.8, 4) is 0 Å². The highest BCUT2D eigenvalue weighted by atomic mass is 32.2. The van der Waals surface area contributed by atoms with Gasteiger partial charge >= 0.3 is 5.69 Å². The number of aromatic nitrogens is 2. The lowest BCUT2D eigenvalue weighted by molar-refractivity contribution is -0.0190. The second-order valence-corrected chi connectivity index (χ2v) is 4.82. The van der Waals surface area contributed by atoms with E-state index in [9.17, 15) is 9.59 Å². The normalized spacial score (nSPS) is 28.5. The van der Waals surface area contributed by atoms with Crippen LogP contribution in [0.1, 0.15) is 5.56 Å². The monoisotopic (exact) mass is 260 g/mol. The molecule has 8 heteroatoms. The highest BCUT2D eigenvalue weighted by molar-refractivity contribution is 8.00. The molecule has 0 radical (unpaired) electrons. The molecule has 3 atom stereocenters. The summed E-state index contributed by atoms with van der Waals surface area (Å²) in [5.74, 6) is 0. The number of rotatable bonds is 3. The molecule has 7 nitrogen and oxygen atoms in total. The zero-order chi connectivity index (χ0) is 12.4. The predicted octanol–water partition coefficient (Wildman–Crippen LogP) is -1.52. The van der Waals surface area contributed by atoms with E-state index in [1.807, 2.05) is 0 Å². The van der Waals surface area contributed by atoms with Crippen LogP contribution in [0.15, 0.2) is 21.9 Å². The second-order valence-electron chi connectivity index (χ2n) is 3.54. The maximum atomic E-state index is 11.5. The number of hydrogen-bond donors (Lipinski definition) is 3. The van der Waals surface area contributed by atoms with Gasteiger partial charge in [-0.3, -0.25) is 14.3 Å². The molecule has 1 aliphatic heterocycles. The quantitative estimate of drug-likeness (QED) is 0.609. The first kappa shape index (κ1) is 12.4. The minimum absolute atomic E-state index is 0.148. The molecule has 0 unspecified atom stereocenters. The highest BCUT2D eigenvalue weighted by Gasteiger charge is 2.36. The van der Waals surface area contributed by atoms with Gasteiger partial charge in [0.15, 0.2) is 5.56 Å². The van der Waals surface area contributed by atoms with Crippen molar-refractivity contribution in [2.24, 2.45) is 0 Å². The van der Waals surface area contributed by atoms with Gasteiger partial charge in [0, 0.05) is 12.3 Å². The zero-order valence-corrected chi connectivity index (χ0v) is 9.59. The fourth-order valence-corrected chi connectivity index (χ4v) is 2.77. The van der Waals surface area contributed by atoms with Crippen LogP contribution in [0.5, 0.6) is 0 Å². The summed E-state index contributed by atoms with van der Waals surface area (Å²) in [4.78, 5) is 24.5. The molecule has 1 fully saturated rings. The smallest absolute Gasteiger partial charge is 0.331 e. The lowest BCUT2D eigenvalue weighted by Gasteiger charge is -2.12. The summed E-state index contributed by atoms with van der Waals surface area (Å²) >= 11 is 1.23. The first-order chi connectivity index (χ1) is 8.15. The number of aliphatic hydroxyl groups excluding tert-OH is 2. The number of nitrogens with one attached hydrogen (secondary N) is 1. The molecule has 0 bridgehead atoms. The molecule has 2 heterocycles. The third kappa shape index (κ3) is 2.44. The Bertz CT molecular complexity index is 487. The van der Waals surface area contributed by atoms with Crippen molar-refractivity contribution in [2.75, 3.05) is 13.2 Å². The van der Waals surface area contributed by atoms with Crippen LogP contribution in [-0.2, 0) is 4.74 Å². The van der Waals surface area contributed by atoms with Crippen molar-refractivity contribution in [3.05, 3.63) is 33.1 Å². The van der Waals surface area contributed by atoms with Gasteiger partial charge in [-0.25, -0.2) is 4.79 Å². The molecule has 0 spiro atoms. The van der Waals surface area contributed by atoms with E-state index in [-0.39, 0.29) is 18.5 Å². The van der Waals surface area contributed by atoms with Gasteiger partial charge in [0.25, 0.3) is 5.56 Å². The third-order valence-corrected chi connectivity index (χ3v) is 3.81. The van der Waals surface area contributed by atoms with Gasteiger partial charge in [-0.15, -0.1) is 0 Å². The molecule has 3 N–H and O–H groups in total. The van der Waals surface area contributed by atoms with Gasteiger partial charge in [-0.2, -0.15) is 0 Å². The van der Waals surface area contributed by atoms with Gasteiger partial charge in [0.05, 0.1) is 24.6 Å². The average Bonchev–Trinajstić information content (AvgIpc) is 2.72. The minimum atomic E-state index is -0.645. The highest BCUT2D eigenvalue weighted by Crippen LogP contribution is 2.38. The Hall–Kier alpha value is -1.09. The molecule has 0 saturated carbocycles. The largest absolute Gasteiger partial charge is 0.395 e. The molecule has 0 aromatic carbocycles. The Morgan fingerprint density at radius 1 is 1.41 bits per heavy atom. The molecule has 1 aromatic rings. The summed E-state index contributed by atoms with van der Waals surface area (Å²) in [6.07, 6.45) is 0.807. The molecule has 1 aliphatic rings. The van der Waals surface area contributed by atoms with Crippen LogP contribution in [-0.4, -0.2) is 44.3 Å². The Labute approximate surface area is 100 Å². The summed E-state index contributed by atoms with van der Waals surface area (Å²) in [7, 11) is 0. The van der Waals surface area contributed by atoms with E-state index in [0.29, 0.717) is 0 Å².